The van der Waals surface area contributed by atoms with Crippen LogP contribution in [0.2, 0.25) is 0 Å². The van der Waals surface area contributed by atoms with E-state index in [-0.39, 0.29) is 5.91 Å². The van der Waals surface area contributed by atoms with Gasteiger partial charge in [0.25, 0.3) is 0 Å². The number of halogens is 1. The van der Waals surface area contributed by atoms with Crippen molar-refractivity contribution in [1.29, 1.82) is 0 Å². The fourth-order valence-electron chi connectivity index (χ4n) is 4.18. The molecule has 3 rings (SSSR count). The van der Waals surface area contributed by atoms with Crippen molar-refractivity contribution < 1.29 is 4.79 Å². The quantitative estimate of drug-likeness (QED) is 0.725. The summed E-state index contributed by atoms with van der Waals surface area (Å²) in [4.78, 5) is 14.6. The predicted octanol–water partition coefficient (Wildman–Crippen LogP) is 4.08. The van der Waals surface area contributed by atoms with Crippen LogP contribution in [0.25, 0.3) is 0 Å². The Morgan fingerprint density at radius 1 is 1.19 bits per heavy atom. The van der Waals surface area contributed by atoms with Gasteiger partial charge in [0.1, 0.15) is 0 Å². The van der Waals surface area contributed by atoms with Gasteiger partial charge in [0.2, 0.25) is 5.91 Å². The van der Waals surface area contributed by atoms with Gasteiger partial charge in [-0.25, -0.2) is 0 Å². The maximum absolute atomic E-state index is 12.6. The number of amides is 1. The molecule has 3 heteroatoms. The number of nitrogens with zero attached hydrogens (tertiary/aromatic N) is 1. The van der Waals surface area contributed by atoms with Gasteiger partial charge >= 0.3 is 0 Å². The lowest BCUT2D eigenvalue weighted by atomic mass is 9.86. The van der Waals surface area contributed by atoms with Crippen LogP contribution in [0, 0.1) is 17.8 Å². The van der Waals surface area contributed by atoms with Crippen molar-refractivity contribution in [3.8, 4) is 0 Å². The maximum atomic E-state index is 12.6. The van der Waals surface area contributed by atoms with Crippen LogP contribution in [0.15, 0.2) is 30.3 Å². The third kappa shape index (κ3) is 3.60. The summed E-state index contributed by atoms with van der Waals surface area (Å²) in [7, 11) is 0. The summed E-state index contributed by atoms with van der Waals surface area (Å²) in [5, 5.41) is 0. The summed E-state index contributed by atoms with van der Waals surface area (Å²) >= 11 is 5.89. The second-order valence-corrected chi connectivity index (χ2v) is 7.01. The molecule has 1 amide bonds. The Balaban J connectivity index is 1.59. The topological polar surface area (TPSA) is 20.3 Å². The molecule has 0 aliphatic heterocycles. The molecule has 0 N–H and O–H groups in total. The van der Waals surface area contributed by atoms with E-state index in [1.807, 2.05) is 23.1 Å². The van der Waals surface area contributed by atoms with Gasteiger partial charge in [0, 0.05) is 25.4 Å². The van der Waals surface area contributed by atoms with Crippen LogP contribution in [0.4, 0.5) is 0 Å². The predicted molar refractivity (Wildman–Crippen MR) is 86.1 cm³/mol. The van der Waals surface area contributed by atoms with Crippen molar-refractivity contribution in [2.75, 3.05) is 12.4 Å². The average molecular weight is 306 g/mol. The minimum absolute atomic E-state index is 0.289. The first-order chi connectivity index (χ1) is 10.3. The number of hydrogen-bond donors (Lipinski definition) is 0. The van der Waals surface area contributed by atoms with E-state index in [0.717, 1.165) is 18.3 Å². The lowest BCUT2D eigenvalue weighted by Crippen LogP contribution is -2.34. The summed E-state index contributed by atoms with van der Waals surface area (Å²) in [6.45, 7) is 1.34. The van der Waals surface area contributed by atoms with Crippen LogP contribution in [0.5, 0.6) is 0 Å². The van der Waals surface area contributed by atoms with Gasteiger partial charge in [0.15, 0.2) is 0 Å². The minimum atomic E-state index is 0.289. The van der Waals surface area contributed by atoms with Crippen molar-refractivity contribution in [1.82, 2.24) is 4.90 Å². The zero-order valence-electron chi connectivity index (χ0n) is 12.5. The molecule has 1 aromatic rings. The fourth-order valence-corrected chi connectivity index (χ4v) is 4.38. The van der Waals surface area contributed by atoms with Crippen LogP contribution < -0.4 is 0 Å². The highest BCUT2D eigenvalue weighted by Gasteiger charge is 2.40. The van der Waals surface area contributed by atoms with Crippen molar-refractivity contribution in [2.24, 2.45) is 17.8 Å². The first-order valence-corrected chi connectivity index (χ1v) is 8.67. The summed E-state index contributed by atoms with van der Waals surface area (Å²) in [5.41, 5.74) is 1.18. The Bertz CT molecular complexity index is 475. The van der Waals surface area contributed by atoms with Gasteiger partial charge in [-0.3, -0.25) is 4.79 Å². The summed E-state index contributed by atoms with van der Waals surface area (Å²) in [6, 6.07) is 10.2. The normalized spacial score (nSPS) is 27.0. The first-order valence-electron chi connectivity index (χ1n) is 8.14. The molecular weight excluding hydrogens is 282 g/mol. The monoisotopic (exact) mass is 305 g/mol. The Morgan fingerprint density at radius 3 is 2.62 bits per heavy atom. The molecule has 2 nitrogen and oxygen atoms in total. The zero-order chi connectivity index (χ0) is 14.7. The lowest BCUT2D eigenvalue weighted by molar-refractivity contribution is -0.133. The number of fused-ring (bicyclic) bond motifs is 2. The molecule has 3 atom stereocenters. The Labute approximate surface area is 132 Å². The number of rotatable bonds is 6. The van der Waals surface area contributed by atoms with E-state index in [1.54, 1.807) is 0 Å². The van der Waals surface area contributed by atoms with Crippen molar-refractivity contribution in [3.63, 3.8) is 0 Å². The van der Waals surface area contributed by atoms with E-state index in [1.165, 1.54) is 31.2 Å². The summed E-state index contributed by atoms with van der Waals surface area (Å²) in [5.74, 6) is 3.15. The second kappa shape index (κ2) is 6.83. The molecule has 114 valence electrons. The molecule has 2 bridgehead atoms. The number of benzene rings is 1. The maximum Gasteiger partial charge on any atom is 0.223 e. The van der Waals surface area contributed by atoms with Gasteiger partial charge in [-0.1, -0.05) is 36.8 Å². The third-order valence-electron chi connectivity index (χ3n) is 5.24. The zero-order valence-corrected chi connectivity index (χ0v) is 13.3. The molecule has 0 spiro atoms. The SMILES string of the molecule is O=C(CC1CC2CCC1C2)N(CCCl)Cc1ccccc1. The molecule has 0 radical (unpaired) electrons. The number of carbonyl (C=O) groups is 1. The molecule has 2 aliphatic rings. The van der Waals surface area contributed by atoms with E-state index >= 15 is 0 Å². The molecule has 2 aliphatic carbocycles. The molecule has 0 saturated heterocycles. The number of alkyl halides is 1. The first kappa shape index (κ1) is 14.9. The van der Waals surface area contributed by atoms with Gasteiger partial charge in [-0.15, -0.1) is 11.6 Å². The summed E-state index contributed by atoms with van der Waals surface area (Å²) < 4.78 is 0. The molecule has 2 saturated carbocycles. The largest absolute Gasteiger partial charge is 0.337 e. The number of hydrogen-bond acceptors (Lipinski definition) is 1. The Morgan fingerprint density at radius 2 is 2.00 bits per heavy atom. The Kier molecular flexibility index (Phi) is 4.84. The van der Waals surface area contributed by atoms with Crippen LogP contribution >= 0.6 is 11.6 Å². The van der Waals surface area contributed by atoms with Crippen LogP contribution in [-0.2, 0) is 11.3 Å². The van der Waals surface area contributed by atoms with Gasteiger partial charge < -0.3 is 4.90 Å². The highest BCUT2D eigenvalue weighted by Crippen LogP contribution is 2.49. The molecule has 21 heavy (non-hydrogen) atoms. The van der Waals surface area contributed by atoms with Crippen LogP contribution in [0.3, 0.4) is 0 Å². The van der Waals surface area contributed by atoms with Gasteiger partial charge in [-0.2, -0.15) is 0 Å². The third-order valence-corrected chi connectivity index (χ3v) is 5.41. The average Bonchev–Trinajstić information content (AvgIpc) is 3.10. The van der Waals surface area contributed by atoms with E-state index in [9.17, 15) is 4.79 Å². The van der Waals surface area contributed by atoms with Crippen LogP contribution in [-0.4, -0.2) is 23.2 Å². The lowest BCUT2D eigenvalue weighted by Gasteiger charge is -2.26. The van der Waals surface area contributed by atoms with Crippen molar-refractivity contribution in [2.45, 2.75) is 38.6 Å². The molecule has 0 aromatic heterocycles. The van der Waals surface area contributed by atoms with Crippen LogP contribution in [0.1, 0.15) is 37.7 Å². The molecule has 0 heterocycles. The molecular formula is C18H24ClNO. The molecule has 3 unspecified atom stereocenters. The minimum Gasteiger partial charge on any atom is -0.337 e. The molecule has 1 aromatic carbocycles. The van der Waals surface area contributed by atoms with Gasteiger partial charge in [-0.05, 0) is 42.6 Å². The van der Waals surface area contributed by atoms with Crippen molar-refractivity contribution >= 4 is 17.5 Å². The summed E-state index contributed by atoms with van der Waals surface area (Å²) in [6.07, 6.45) is 6.11. The van der Waals surface area contributed by atoms with Gasteiger partial charge in [0.05, 0.1) is 0 Å². The molecule has 2 fully saturated rings. The van der Waals surface area contributed by atoms with E-state index in [2.05, 4.69) is 12.1 Å². The Hall–Kier alpha value is -1.02. The van der Waals surface area contributed by atoms with E-state index in [4.69, 9.17) is 11.6 Å². The second-order valence-electron chi connectivity index (χ2n) is 6.63. The highest BCUT2D eigenvalue weighted by molar-refractivity contribution is 6.18. The fraction of sp³-hybridized carbons (Fsp3) is 0.611. The van der Waals surface area contributed by atoms with Crippen molar-refractivity contribution in [3.05, 3.63) is 35.9 Å². The van der Waals surface area contributed by atoms with E-state index in [0.29, 0.717) is 24.9 Å². The number of carbonyl (C=O) groups excluding carboxylic acids is 1. The smallest absolute Gasteiger partial charge is 0.223 e. The van der Waals surface area contributed by atoms with E-state index < -0.39 is 0 Å². The standard InChI is InChI=1S/C18H24ClNO/c19-8-9-20(13-14-4-2-1-3-5-14)18(21)12-17-11-15-6-7-16(17)10-15/h1-5,15-17H,6-13H2. The highest BCUT2D eigenvalue weighted by atomic mass is 35.5.